The molecule has 1 aliphatic rings. The molecule has 0 aliphatic carbocycles. The highest BCUT2D eigenvalue weighted by atomic mass is 16.6. The topological polar surface area (TPSA) is 80.8 Å². The van der Waals surface area contributed by atoms with Crippen LogP contribution in [-0.4, -0.2) is 53.8 Å². The predicted molar refractivity (Wildman–Crippen MR) is 90.0 cm³/mol. The van der Waals surface area contributed by atoms with Gasteiger partial charge in [0, 0.05) is 13.1 Å². The summed E-state index contributed by atoms with van der Waals surface area (Å²) >= 11 is 0. The largest absolute Gasteiger partial charge is 0.464 e. The lowest BCUT2D eigenvalue weighted by Gasteiger charge is -2.28. The first-order valence-corrected chi connectivity index (χ1v) is 8.08. The second kappa shape index (κ2) is 7.51. The van der Waals surface area contributed by atoms with Crippen LogP contribution in [0.4, 0.5) is 10.5 Å². The number of hydrogen-bond donors (Lipinski definition) is 1. The van der Waals surface area contributed by atoms with Gasteiger partial charge in [0.15, 0.2) is 0 Å². The Bertz CT molecular complexity index is 580. The van der Waals surface area contributed by atoms with Gasteiger partial charge >= 0.3 is 12.1 Å². The zero-order chi connectivity index (χ0) is 17.7. The van der Waals surface area contributed by atoms with E-state index in [4.69, 9.17) is 4.74 Å². The number of esters is 1. The molecular formula is C17H25N3O4. The number of amides is 1. The molecule has 1 atom stereocenters. The molecule has 1 saturated heterocycles. The number of methoxy groups -OCH3 is 1. The molecule has 2 heterocycles. The van der Waals surface area contributed by atoms with Crippen molar-refractivity contribution in [3.8, 4) is 0 Å². The number of pyridine rings is 1. The van der Waals surface area contributed by atoms with E-state index in [2.05, 4.69) is 15.0 Å². The SMILES string of the molecule is COC(=O)c1ccc(NC[C@@H]2CCCN2C(=O)OC(C)(C)C)cn1. The maximum atomic E-state index is 12.2. The molecule has 0 radical (unpaired) electrons. The molecule has 0 saturated carbocycles. The quantitative estimate of drug-likeness (QED) is 0.852. The van der Waals surface area contributed by atoms with Crippen LogP contribution in [0.15, 0.2) is 18.3 Å². The van der Waals surface area contributed by atoms with Crippen LogP contribution in [0.5, 0.6) is 0 Å². The number of carbonyl (C=O) groups excluding carboxylic acids is 2. The summed E-state index contributed by atoms with van der Waals surface area (Å²) in [7, 11) is 1.32. The van der Waals surface area contributed by atoms with Gasteiger partial charge in [0.1, 0.15) is 11.3 Å². The summed E-state index contributed by atoms with van der Waals surface area (Å²) in [6.45, 7) is 6.91. The van der Waals surface area contributed by atoms with Crippen molar-refractivity contribution < 1.29 is 19.1 Å². The summed E-state index contributed by atoms with van der Waals surface area (Å²) in [5, 5.41) is 3.25. The van der Waals surface area contributed by atoms with E-state index in [-0.39, 0.29) is 17.8 Å². The van der Waals surface area contributed by atoms with Crippen molar-refractivity contribution in [1.29, 1.82) is 0 Å². The van der Waals surface area contributed by atoms with E-state index in [9.17, 15) is 9.59 Å². The maximum absolute atomic E-state index is 12.2. The highest BCUT2D eigenvalue weighted by Crippen LogP contribution is 2.21. The third kappa shape index (κ3) is 4.84. The lowest BCUT2D eigenvalue weighted by atomic mass is 10.2. The van der Waals surface area contributed by atoms with Gasteiger partial charge in [0.2, 0.25) is 0 Å². The Labute approximate surface area is 142 Å². The van der Waals surface area contributed by atoms with Crippen molar-refractivity contribution in [2.45, 2.75) is 45.3 Å². The first-order chi connectivity index (χ1) is 11.3. The number of likely N-dealkylation sites (tertiary alicyclic amines) is 1. The summed E-state index contributed by atoms with van der Waals surface area (Å²) in [5.41, 5.74) is 0.559. The van der Waals surface area contributed by atoms with Crippen molar-refractivity contribution in [2.24, 2.45) is 0 Å². The van der Waals surface area contributed by atoms with E-state index in [0.29, 0.717) is 13.1 Å². The fourth-order valence-corrected chi connectivity index (χ4v) is 2.57. The Morgan fingerprint density at radius 1 is 1.38 bits per heavy atom. The molecule has 1 aliphatic heterocycles. The average Bonchev–Trinajstić information content (AvgIpc) is 2.99. The molecule has 1 aromatic heterocycles. The van der Waals surface area contributed by atoms with Gasteiger partial charge in [-0.25, -0.2) is 14.6 Å². The molecule has 7 heteroatoms. The third-order valence-electron chi connectivity index (χ3n) is 3.70. The van der Waals surface area contributed by atoms with Crippen LogP contribution in [0.2, 0.25) is 0 Å². The molecule has 1 aromatic rings. The van der Waals surface area contributed by atoms with Gasteiger partial charge in [-0.3, -0.25) is 0 Å². The lowest BCUT2D eigenvalue weighted by Crippen LogP contribution is -2.42. The highest BCUT2D eigenvalue weighted by molar-refractivity contribution is 5.87. The van der Waals surface area contributed by atoms with Crippen molar-refractivity contribution >= 4 is 17.7 Å². The van der Waals surface area contributed by atoms with Gasteiger partial charge in [-0.05, 0) is 45.7 Å². The number of carbonyl (C=O) groups is 2. The van der Waals surface area contributed by atoms with E-state index in [1.807, 2.05) is 20.8 Å². The van der Waals surface area contributed by atoms with E-state index in [1.54, 1.807) is 23.2 Å². The molecule has 2 rings (SSSR count). The lowest BCUT2D eigenvalue weighted by molar-refractivity contribution is 0.0235. The maximum Gasteiger partial charge on any atom is 0.410 e. The molecule has 0 spiro atoms. The fraction of sp³-hybridized carbons (Fsp3) is 0.588. The van der Waals surface area contributed by atoms with Crippen molar-refractivity contribution in [3.05, 3.63) is 24.0 Å². The van der Waals surface area contributed by atoms with Gasteiger partial charge < -0.3 is 19.7 Å². The Morgan fingerprint density at radius 3 is 2.71 bits per heavy atom. The van der Waals surface area contributed by atoms with Crippen molar-refractivity contribution in [3.63, 3.8) is 0 Å². The highest BCUT2D eigenvalue weighted by Gasteiger charge is 2.31. The van der Waals surface area contributed by atoms with E-state index < -0.39 is 11.6 Å². The Hall–Kier alpha value is -2.31. The monoisotopic (exact) mass is 335 g/mol. The first-order valence-electron chi connectivity index (χ1n) is 8.08. The molecule has 24 heavy (non-hydrogen) atoms. The summed E-state index contributed by atoms with van der Waals surface area (Å²) < 4.78 is 10.1. The van der Waals surface area contributed by atoms with Crippen LogP contribution in [0.25, 0.3) is 0 Å². The first kappa shape index (κ1) is 18.0. The molecule has 1 N–H and O–H groups in total. The van der Waals surface area contributed by atoms with Gasteiger partial charge in [0.25, 0.3) is 0 Å². The summed E-state index contributed by atoms with van der Waals surface area (Å²) in [5.74, 6) is -0.464. The zero-order valence-electron chi connectivity index (χ0n) is 14.7. The molecule has 0 unspecified atom stereocenters. The van der Waals surface area contributed by atoms with Crippen molar-refractivity contribution in [2.75, 3.05) is 25.5 Å². The number of ether oxygens (including phenoxy) is 2. The number of nitrogens with zero attached hydrogens (tertiary/aromatic N) is 2. The van der Waals surface area contributed by atoms with Gasteiger partial charge in [-0.2, -0.15) is 0 Å². The van der Waals surface area contributed by atoms with Gasteiger partial charge in [-0.15, -0.1) is 0 Å². The number of nitrogens with one attached hydrogen (secondary N) is 1. The molecule has 0 aromatic carbocycles. The molecular weight excluding hydrogens is 310 g/mol. The standard InChI is InChI=1S/C17H25N3O4/c1-17(2,3)24-16(22)20-9-5-6-13(20)11-18-12-7-8-14(19-10-12)15(21)23-4/h7-8,10,13,18H,5-6,9,11H2,1-4H3/t13-/m0/s1. The molecule has 132 valence electrons. The number of rotatable bonds is 4. The van der Waals surface area contributed by atoms with Gasteiger partial charge in [0.05, 0.1) is 25.0 Å². The van der Waals surface area contributed by atoms with Crippen molar-refractivity contribution in [1.82, 2.24) is 9.88 Å². The number of anilines is 1. The number of hydrogen-bond acceptors (Lipinski definition) is 6. The van der Waals surface area contributed by atoms with Gasteiger partial charge in [-0.1, -0.05) is 0 Å². The molecule has 0 bridgehead atoms. The minimum atomic E-state index is -0.495. The normalized spacial score (nSPS) is 17.5. The fourth-order valence-electron chi connectivity index (χ4n) is 2.57. The minimum absolute atomic E-state index is 0.0835. The van der Waals surface area contributed by atoms with Crippen LogP contribution in [0.1, 0.15) is 44.1 Å². The third-order valence-corrected chi connectivity index (χ3v) is 3.70. The smallest absolute Gasteiger partial charge is 0.410 e. The summed E-state index contributed by atoms with van der Waals surface area (Å²) in [6, 6.07) is 3.46. The Kier molecular flexibility index (Phi) is 5.64. The Morgan fingerprint density at radius 2 is 2.12 bits per heavy atom. The minimum Gasteiger partial charge on any atom is -0.464 e. The summed E-state index contributed by atoms with van der Waals surface area (Å²) in [4.78, 5) is 29.4. The van der Waals surface area contributed by atoms with E-state index in [1.165, 1.54) is 7.11 Å². The number of aromatic nitrogens is 1. The van der Waals surface area contributed by atoms with Crippen LogP contribution in [-0.2, 0) is 9.47 Å². The second-order valence-electron chi connectivity index (χ2n) is 6.77. The van der Waals surface area contributed by atoms with Crippen LogP contribution >= 0.6 is 0 Å². The molecule has 1 fully saturated rings. The van der Waals surface area contributed by atoms with E-state index in [0.717, 1.165) is 18.5 Å². The predicted octanol–water partition coefficient (Wildman–Crippen LogP) is 2.68. The second-order valence-corrected chi connectivity index (χ2v) is 6.77. The summed E-state index contributed by atoms with van der Waals surface area (Å²) in [6.07, 6.45) is 3.20. The Balaban J connectivity index is 1.91. The van der Waals surface area contributed by atoms with E-state index >= 15 is 0 Å². The molecule has 1 amide bonds. The zero-order valence-corrected chi connectivity index (χ0v) is 14.7. The van der Waals surface area contributed by atoms with Crippen LogP contribution in [0.3, 0.4) is 0 Å². The van der Waals surface area contributed by atoms with Crippen LogP contribution in [0, 0.1) is 0 Å². The molecule has 7 nitrogen and oxygen atoms in total. The van der Waals surface area contributed by atoms with Crippen LogP contribution < -0.4 is 5.32 Å². The average molecular weight is 335 g/mol.